The molecular weight excluding hydrogens is 244 g/mol. The van der Waals surface area contributed by atoms with Crippen molar-refractivity contribution in [3.8, 4) is 0 Å². The number of carbonyl (C=O) groups excluding carboxylic acids is 1. The van der Waals surface area contributed by atoms with Gasteiger partial charge in [-0.05, 0) is 36.1 Å². The van der Waals surface area contributed by atoms with E-state index in [-0.39, 0.29) is 5.78 Å². The van der Waals surface area contributed by atoms with Crippen molar-refractivity contribution in [1.82, 2.24) is 0 Å². The molecule has 0 fully saturated rings. The lowest BCUT2D eigenvalue weighted by Gasteiger charge is -2.05. The van der Waals surface area contributed by atoms with Gasteiger partial charge in [-0.15, -0.1) is 0 Å². The third-order valence-electron chi connectivity index (χ3n) is 2.91. The number of hydrogen-bond donors (Lipinski definition) is 0. The number of Topliss-reactive ketones (excluding diaryl/α,β-unsaturated/α-hetero) is 1. The summed E-state index contributed by atoms with van der Waals surface area (Å²) in [5.74, 6) is 0.0645. The van der Waals surface area contributed by atoms with Gasteiger partial charge in [-0.3, -0.25) is 4.79 Å². The lowest BCUT2D eigenvalue weighted by Crippen LogP contribution is -1.95. The fourth-order valence-corrected chi connectivity index (χ4v) is 1.91. The SMILES string of the molecule is C=C1/C=C\c2ccccc2C/C=C\C(C(C)=O)=C/1.CC. The summed E-state index contributed by atoms with van der Waals surface area (Å²) < 4.78 is 0. The maximum absolute atomic E-state index is 11.5. The summed E-state index contributed by atoms with van der Waals surface area (Å²) in [6, 6.07) is 8.25. The number of benzene rings is 1. The largest absolute Gasteiger partial charge is 0.295 e. The van der Waals surface area contributed by atoms with Crippen LogP contribution in [-0.4, -0.2) is 5.78 Å². The van der Waals surface area contributed by atoms with E-state index in [1.807, 2.05) is 56.4 Å². The second-order valence-corrected chi connectivity index (χ2v) is 4.37. The van der Waals surface area contributed by atoms with Gasteiger partial charge in [0.25, 0.3) is 0 Å². The van der Waals surface area contributed by atoms with E-state index in [2.05, 4.69) is 18.7 Å². The van der Waals surface area contributed by atoms with Crippen molar-refractivity contribution in [3.63, 3.8) is 0 Å². The third-order valence-corrected chi connectivity index (χ3v) is 2.91. The molecule has 0 atom stereocenters. The van der Waals surface area contributed by atoms with Crippen molar-refractivity contribution in [3.05, 3.63) is 77.4 Å². The van der Waals surface area contributed by atoms with E-state index in [1.54, 1.807) is 6.92 Å². The molecule has 0 radical (unpaired) electrons. The summed E-state index contributed by atoms with van der Waals surface area (Å²) in [5, 5.41) is 0. The molecule has 2 rings (SSSR count). The molecule has 0 aliphatic heterocycles. The molecule has 0 unspecified atom stereocenters. The fourth-order valence-electron chi connectivity index (χ4n) is 1.91. The molecule has 0 N–H and O–H groups in total. The second kappa shape index (κ2) is 8.11. The minimum Gasteiger partial charge on any atom is -0.295 e. The smallest absolute Gasteiger partial charge is 0.159 e. The van der Waals surface area contributed by atoms with Gasteiger partial charge in [0.05, 0.1) is 0 Å². The average molecular weight is 266 g/mol. The first-order valence-corrected chi connectivity index (χ1v) is 7.01. The summed E-state index contributed by atoms with van der Waals surface area (Å²) in [6.07, 6.45) is 10.6. The Balaban J connectivity index is 0.000000956. The van der Waals surface area contributed by atoms with Gasteiger partial charge in [0.1, 0.15) is 0 Å². The van der Waals surface area contributed by atoms with Crippen LogP contribution in [0.25, 0.3) is 6.08 Å². The van der Waals surface area contributed by atoms with Crippen molar-refractivity contribution in [1.29, 1.82) is 0 Å². The van der Waals surface area contributed by atoms with E-state index < -0.39 is 0 Å². The number of rotatable bonds is 1. The Bertz CT molecular complexity index is 571. The quantitative estimate of drug-likeness (QED) is 0.706. The van der Waals surface area contributed by atoms with Crippen LogP contribution in [0.3, 0.4) is 0 Å². The van der Waals surface area contributed by atoms with E-state index in [4.69, 9.17) is 0 Å². The van der Waals surface area contributed by atoms with Gasteiger partial charge in [-0.1, -0.05) is 69.0 Å². The van der Waals surface area contributed by atoms with Crippen LogP contribution < -0.4 is 0 Å². The van der Waals surface area contributed by atoms with Gasteiger partial charge in [0.15, 0.2) is 5.78 Å². The summed E-state index contributed by atoms with van der Waals surface area (Å²) in [7, 11) is 0. The molecule has 1 aromatic rings. The Morgan fingerprint density at radius 2 is 1.80 bits per heavy atom. The molecule has 1 nitrogen and oxygen atoms in total. The normalized spacial score (nSPS) is 19.6. The van der Waals surface area contributed by atoms with Gasteiger partial charge >= 0.3 is 0 Å². The lowest BCUT2D eigenvalue weighted by atomic mass is 9.99. The molecule has 1 aliphatic rings. The Hall–Kier alpha value is -2.15. The number of hydrogen-bond acceptors (Lipinski definition) is 1. The van der Waals surface area contributed by atoms with Crippen molar-refractivity contribution < 1.29 is 4.79 Å². The summed E-state index contributed by atoms with van der Waals surface area (Å²) in [6.45, 7) is 9.52. The highest BCUT2D eigenvalue weighted by Gasteiger charge is 2.02. The van der Waals surface area contributed by atoms with Crippen LogP contribution in [0.2, 0.25) is 0 Å². The lowest BCUT2D eigenvalue weighted by molar-refractivity contribution is -0.113. The molecule has 0 saturated carbocycles. The second-order valence-electron chi connectivity index (χ2n) is 4.37. The summed E-state index contributed by atoms with van der Waals surface area (Å²) in [4.78, 5) is 11.5. The standard InChI is InChI=1S/C17H16O.C2H6/c1-13-10-11-16-7-4-3-6-15(16)8-5-9-17(12-13)14(2)18;1-2/h3-7,9-12H,1,8H2,2H3;1-2H3/b9-5-,11-10-,17-12+;. The fraction of sp³-hybridized carbons (Fsp3) is 0.211. The zero-order valence-electron chi connectivity index (χ0n) is 12.5. The van der Waals surface area contributed by atoms with E-state index in [0.29, 0.717) is 5.57 Å². The average Bonchev–Trinajstić information content (AvgIpc) is 2.47. The Kier molecular flexibility index (Phi) is 6.45. The third kappa shape index (κ3) is 4.51. The Morgan fingerprint density at radius 1 is 1.10 bits per heavy atom. The number of fused-ring (bicyclic) bond motifs is 1. The molecule has 0 aromatic heterocycles. The van der Waals surface area contributed by atoms with Crippen LogP contribution in [-0.2, 0) is 11.2 Å². The Morgan fingerprint density at radius 3 is 2.50 bits per heavy atom. The molecule has 0 bridgehead atoms. The van der Waals surface area contributed by atoms with Gasteiger partial charge in [0, 0.05) is 5.57 Å². The number of allylic oxidation sites excluding steroid dienone is 6. The van der Waals surface area contributed by atoms with Crippen molar-refractivity contribution >= 4 is 11.9 Å². The topological polar surface area (TPSA) is 17.1 Å². The van der Waals surface area contributed by atoms with Crippen molar-refractivity contribution in [2.45, 2.75) is 27.2 Å². The highest BCUT2D eigenvalue weighted by molar-refractivity contribution is 5.96. The predicted molar refractivity (Wildman–Crippen MR) is 87.6 cm³/mol. The Labute approximate surface area is 122 Å². The first-order chi connectivity index (χ1) is 9.66. The highest BCUT2D eigenvalue weighted by atomic mass is 16.1. The molecule has 1 heteroatoms. The molecule has 0 heterocycles. The summed E-state index contributed by atoms with van der Waals surface area (Å²) >= 11 is 0. The molecule has 0 spiro atoms. The van der Waals surface area contributed by atoms with Gasteiger partial charge in [0.2, 0.25) is 0 Å². The van der Waals surface area contributed by atoms with Gasteiger partial charge in [-0.2, -0.15) is 0 Å². The van der Waals surface area contributed by atoms with E-state index in [9.17, 15) is 4.79 Å². The molecule has 1 aliphatic carbocycles. The molecule has 20 heavy (non-hydrogen) atoms. The number of ketones is 1. The van der Waals surface area contributed by atoms with Crippen LogP contribution >= 0.6 is 0 Å². The zero-order chi connectivity index (χ0) is 15.0. The van der Waals surface area contributed by atoms with E-state index >= 15 is 0 Å². The molecule has 0 saturated heterocycles. The molecule has 1 aromatic carbocycles. The molecular formula is C19H22O. The van der Waals surface area contributed by atoms with Crippen LogP contribution in [0.5, 0.6) is 0 Å². The van der Waals surface area contributed by atoms with Crippen LogP contribution in [0.15, 0.2) is 66.3 Å². The van der Waals surface area contributed by atoms with Gasteiger partial charge in [-0.25, -0.2) is 0 Å². The van der Waals surface area contributed by atoms with Crippen molar-refractivity contribution in [2.75, 3.05) is 0 Å². The molecule has 0 amide bonds. The maximum Gasteiger partial charge on any atom is 0.159 e. The first-order valence-electron chi connectivity index (χ1n) is 7.01. The molecule has 104 valence electrons. The summed E-state index contributed by atoms with van der Waals surface area (Å²) in [5.41, 5.74) is 3.98. The van der Waals surface area contributed by atoms with Crippen LogP contribution in [0.4, 0.5) is 0 Å². The van der Waals surface area contributed by atoms with E-state index in [0.717, 1.165) is 12.0 Å². The van der Waals surface area contributed by atoms with Crippen molar-refractivity contribution in [2.24, 2.45) is 0 Å². The first kappa shape index (κ1) is 15.9. The van der Waals surface area contributed by atoms with Gasteiger partial charge < -0.3 is 0 Å². The van der Waals surface area contributed by atoms with Crippen LogP contribution in [0.1, 0.15) is 31.9 Å². The minimum absolute atomic E-state index is 0.0645. The zero-order valence-corrected chi connectivity index (χ0v) is 12.5. The predicted octanol–water partition coefficient (Wildman–Crippen LogP) is 4.91. The van der Waals surface area contributed by atoms with E-state index in [1.165, 1.54) is 11.1 Å². The maximum atomic E-state index is 11.5. The van der Waals surface area contributed by atoms with Crippen LogP contribution in [0, 0.1) is 0 Å². The minimum atomic E-state index is 0.0645. The highest BCUT2D eigenvalue weighted by Crippen LogP contribution is 2.16. The number of carbonyl (C=O) groups is 1. The monoisotopic (exact) mass is 266 g/mol.